The van der Waals surface area contributed by atoms with Crippen molar-refractivity contribution in [2.75, 3.05) is 13.1 Å². The van der Waals surface area contributed by atoms with Crippen LogP contribution in [0.25, 0.3) is 0 Å². The minimum absolute atomic E-state index is 0.757. The Morgan fingerprint density at radius 1 is 1.28 bits per heavy atom. The molecule has 1 aromatic rings. The maximum atomic E-state index is 3.55. The molecule has 1 aliphatic rings. The lowest BCUT2D eigenvalue weighted by Crippen LogP contribution is -2.31. The first-order chi connectivity index (χ1) is 8.70. The van der Waals surface area contributed by atoms with Gasteiger partial charge in [0.1, 0.15) is 0 Å². The van der Waals surface area contributed by atoms with Gasteiger partial charge in [0, 0.05) is 0 Å². The van der Waals surface area contributed by atoms with E-state index in [-0.39, 0.29) is 0 Å². The summed E-state index contributed by atoms with van der Waals surface area (Å²) in [5.74, 6) is 2.46. The highest BCUT2D eigenvalue weighted by molar-refractivity contribution is 5.26. The van der Waals surface area contributed by atoms with Gasteiger partial charge in [-0.2, -0.15) is 0 Å². The van der Waals surface area contributed by atoms with Gasteiger partial charge in [-0.25, -0.2) is 0 Å². The first-order valence-electron chi connectivity index (χ1n) is 7.48. The topological polar surface area (TPSA) is 12.0 Å². The summed E-state index contributed by atoms with van der Waals surface area (Å²) in [5.41, 5.74) is 2.96. The summed E-state index contributed by atoms with van der Waals surface area (Å²) in [6.45, 7) is 9.09. The van der Waals surface area contributed by atoms with E-state index in [1.807, 2.05) is 0 Å². The maximum Gasteiger partial charge on any atom is -0.00148 e. The van der Waals surface area contributed by atoms with Crippen molar-refractivity contribution in [2.24, 2.45) is 11.8 Å². The van der Waals surface area contributed by atoms with Crippen LogP contribution in [0.1, 0.15) is 50.2 Å². The SMILES string of the molecule is CCNCC1CCC(C)CC1c1cccc(C)c1. The van der Waals surface area contributed by atoms with Gasteiger partial charge in [0.2, 0.25) is 0 Å². The normalized spacial score (nSPS) is 28.3. The van der Waals surface area contributed by atoms with Crippen LogP contribution in [0.5, 0.6) is 0 Å². The zero-order valence-corrected chi connectivity index (χ0v) is 12.1. The fourth-order valence-corrected chi connectivity index (χ4v) is 3.33. The highest BCUT2D eigenvalue weighted by Gasteiger charge is 2.29. The molecule has 3 unspecified atom stereocenters. The Morgan fingerprint density at radius 3 is 2.83 bits per heavy atom. The fourth-order valence-electron chi connectivity index (χ4n) is 3.33. The molecule has 1 fully saturated rings. The number of rotatable bonds is 4. The minimum atomic E-state index is 0.757. The molecule has 1 N–H and O–H groups in total. The van der Waals surface area contributed by atoms with Crippen LogP contribution in [0, 0.1) is 18.8 Å². The molecule has 1 nitrogen and oxygen atoms in total. The van der Waals surface area contributed by atoms with E-state index in [9.17, 15) is 0 Å². The third-order valence-corrected chi connectivity index (χ3v) is 4.38. The van der Waals surface area contributed by atoms with Gasteiger partial charge in [0.05, 0.1) is 0 Å². The first kappa shape index (κ1) is 13.6. The summed E-state index contributed by atoms with van der Waals surface area (Å²) < 4.78 is 0. The molecule has 0 radical (unpaired) electrons. The van der Waals surface area contributed by atoms with Crippen LogP contribution < -0.4 is 5.32 Å². The van der Waals surface area contributed by atoms with Gasteiger partial charge >= 0.3 is 0 Å². The van der Waals surface area contributed by atoms with Crippen molar-refractivity contribution in [3.8, 4) is 0 Å². The van der Waals surface area contributed by atoms with E-state index in [4.69, 9.17) is 0 Å². The average molecular weight is 245 g/mol. The van der Waals surface area contributed by atoms with Crippen molar-refractivity contribution in [3.05, 3.63) is 35.4 Å². The first-order valence-corrected chi connectivity index (χ1v) is 7.48. The molecular formula is C17H27N. The van der Waals surface area contributed by atoms with Crippen LogP contribution in [0.2, 0.25) is 0 Å². The van der Waals surface area contributed by atoms with Gasteiger partial charge in [-0.1, -0.05) is 50.1 Å². The molecule has 0 bridgehead atoms. The third-order valence-electron chi connectivity index (χ3n) is 4.38. The molecule has 0 amide bonds. The zero-order chi connectivity index (χ0) is 13.0. The minimum Gasteiger partial charge on any atom is -0.317 e. The summed E-state index contributed by atoms with van der Waals surface area (Å²) in [5, 5.41) is 3.55. The predicted octanol–water partition coefficient (Wildman–Crippen LogP) is 4.12. The monoisotopic (exact) mass is 245 g/mol. The van der Waals surface area contributed by atoms with Crippen LogP contribution in [-0.4, -0.2) is 13.1 Å². The second kappa shape index (κ2) is 6.38. The van der Waals surface area contributed by atoms with Crippen molar-refractivity contribution < 1.29 is 0 Å². The molecule has 2 rings (SSSR count). The van der Waals surface area contributed by atoms with E-state index < -0.39 is 0 Å². The molecule has 1 aromatic carbocycles. The van der Waals surface area contributed by atoms with Crippen LogP contribution in [0.4, 0.5) is 0 Å². The molecule has 18 heavy (non-hydrogen) atoms. The molecule has 0 aromatic heterocycles. The summed E-state index contributed by atoms with van der Waals surface area (Å²) >= 11 is 0. The van der Waals surface area contributed by atoms with E-state index >= 15 is 0 Å². The molecule has 0 saturated heterocycles. The molecule has 0 spiro atoms. The van der Waals surface area contributed by atoms with Gasteiger partial charge in [0.15, 0.2) is 0 Å². The van der Waals surface area contributed by atoms with Crippen molar-refractivity contribution in [3.63, 3.8) is 0 Å². The highest BCUT2D eigenvalue weighted by Crippen LogP contribution is 2.40. The van der Waals surface area contributed by atoms with Gasteiger partial charge in [-0.15, -0.1) is 0 Å². The van der Waals surface area contributed by atoms with E-state index in [1.165, 1.54) is 31.4 Å². The van der Waals surface area contributed by atoms with E-state index in [2.05, 4.69) is 50.4 Å². The standard InChI is InChI=1S/C17H27N/c1-4-18-12-16-9-8-14(3)11-17(16)15-7-5-6-13(2)10-15/h5-7,10,14,16-18H,4,8-9,11-12H2,1-3H3. The van der Waals surface area contributed by atoms with Crippen LogP contribution in [0.3, 0.4) is 0 Å². The number of aryl methyl sites for hydroxylation is 1. The second-order valence-electron chi connectivity index (χ2n) is 6.01. The van der Waals surface area contributed by atoms with Crippen LogP contribution >= 0.6 is 0 Å². The van der Waals surface area contributed by atoms with Gasteiger partial charge in [-0.05, 0) is 56.2 Å². The number of nitrogens with one attached hydrogen (secondary N) is 1. The summed E-state index contributed by atoms with van der Waals surface area (Å²) in [7, 11) is 0. The molecule has 1 saturated carbocycles. The second-order valence-corrected chi connectivity index (χ2v) is 6.01. The smallest absolute Gasteiger partial charge is 0.00148 e. The lowest BCUT2D eigenvalue weighted by molar-refractivity contribution is 0.242. The molecule has 100 valence electrons. The summed E-state index contributed by atoms with van der Waals surface area (Å²) in [4.78, 5) is 0. The Labute approximate surface area is 112 Å². The summed E-state index contributed by atoms with van der Waals surface area (Å²) in [6.07, 6.45) is 4.14. The quantitative estimate of drug-likeness (QED) is 0.841. The summed E-state index contributed by atoms with van der Waals surface area (Å²) in [6, 6.07) is 9.14. The van der Waals surface area contributed by atoms with Crippen molar-refractivity contribution in [1.29, 1.82) is 0 Å². The predicted molar refractivity (Wildman–Crippen MR) is 79.0 cm³/mol. The molecular weight excluding hydrogens is 218 g/mol. The largest absolute Gasteiger partial charge is 0.317 e. The lowest BCUT2D eigenvalue weighted by Gasteiger charge is -2.35. The zero-order valence-electron chi connectivity index (χ0n) is 12.1. The van der Waals surface area contributed by atoms with Crippen LogP contribution in [-0.2, 0) is 0 Å². The molecule has 3 atom stereocenters. The van der Waals surface area contributed by atoms with Crippen molar-refractivity contribution >= 4 is 0 Å². The molecule has 0 heterocycles. The van der Waals surface area contributed by atoms with Gasteiger partial charge in [-0.3, -0.25) is 0 Å². The lowest BCUT2D eigenvalue weighted by atomic mass is 9.71. The Kier molecular flexibility index (Phi) is 4.82. The fraction of sp³-hybridized carbons (Fsp3) is 0.647. The average Bonchev–Trinajstić information content (AvgIpc) is 2.37. The number of hydrogen-bond acceptors (Lipinski definition) is 1. The van der Waals surface area contributed by atoms with Gasteiger partial charge < -0.3 is 5.32 Å². The molecule has 1 heteroatoms. The maximum absolute atomic E-state index is 3.55. The Balaban J connectivity index is 2.14. The number of benzene rings is 1. The van der Waals surface area contributed by atoms with Crippen molar-refractivity contribution in [2.45, 2.75) is 46.0 Å². The number of hydrogen-bond donors (Lipinski definition) is 1. The van der Waals surface area contributed by atoms with Crippen molar-refractivity contribution in [1.82, 2.24) is 5.32 Å². The van der Waals surface area contributed by atoms with Crippen LogP contribution in [0.15, 0.2) is 24.3 Å². The molecule has 1 aliphatic carbocycles. The Bertz CT molecular complexity index is 370. The Hall–Kier alpha value is -0.820. The highest BCUT2D eigenvalue weighted by atomic mass is 14.8. The third kappa shape index (κ3) is 3.35. The van der Waals surface area contributed by atoms with Gasteiger partial charge in [0.25, 0.3) is 0 Å². The Morgan fingerprint density at radius 2 is 2.11 bits per heavy atom. The van der Waals surface area contributed by atoms with E-state index in [1.54, 1.807) is 5.56 Å². The van der Waals surface area contributed by atoms with E-state index in [0.29, 0.717) is 0 Å². The molecule has 0 aliphatic heterocycles. The van der Waals surface area contributed by atoms with E-state index in [0.717, 1.165) is 24.3 Å².